The third kappa shape index (κ3) is 1.41. The van der Waals surface area contributed by atoms with Crippen LogP contribution < -0.4 is 5.32 Å². The summed E-state index contributed by atoms with van der Waals surface area (Å²) in [4.78, 5) is 0. The van der Waals surface area contributed by atoms with Crippen molar-refractivity contribution in [1.29, 1.82) is 0 Å². The summed E-state index contributed by atoms with van der Waals surface area (Å²) in [6.45, 7) is 3.09. The quantitative estimate of drug-likeness (QED) is 0.761. The van der Waals surface area contributed by atoms with E-state index in [2.05, 4.69) is 33.8 Å². The number of aryl methyl sites for hydroxylation is 1. The van der Waals surface area contributed by atoms with Crippen LogP contribution >= 0.6 is 0 Å². The van der Waals surface area contributed by atoms with Gasteiger partial charge in [0, 0.05) is 12.2 Å². The first-order valence-corrected chi connectivity index (χ1v) is 5.39. The zero-order valence-corrected chi connectivity index (χ0v) is 8.77. The molecular formula is C11H14N4. The molecule has 0 spiro atoms. The van der Waals surface area contributed by atoms with E-state index in [4.69, 9.17) is 0 Å². The molecule has 4 heteroatoms. The van der Waals surface area contributed by atoms with Crippen LogP contribution in [-0.4, -0.2) is 21.1 Å². The van der Waals surface area contributed by atoms with Crippen LogP contribution in [0, 0.1) is 6.92 Å². The lowest BCUT2D eigenvalue weighted by molar-refractivity contribution is 0.647. The maximum Gasteiger partial charge on any atom is 0.161 e. The van der Waals surface area contributed by atoms with Gasteiger partial charge in [-0.15, -0.1) is 10.2 Å². The molecule has 3 rings (SSSR count). The van der Waals surface area contributed by atoms with Gasteiger partial charge in [-0.2, -0.15) is 0 Å². The summed E-state index contributed by atoms with van der Waals surface area (Å²) in [6.07, 6.45) is 4.55. The highest BCUT2D eigenvalue weighted by atomic mass is 15.2. The van der Waals surface area contributed by atoms with E-state index in [9.17, 15) is 0 Å². The van der Waals surface area contributed by atoms with Crippen LogP contribution in [0.3, 0.4) is 0 Å². The number of fused-ring (bicyclic) bond motifs is 1. The normalized spacial score (nSPS) is 21.3. The Balaban J connectivity index is 2.05. The Morgan fingerprint density at radius 1 is 1.47 bits per heavy atom. The van der Waals surface area contributed by atoms with E-state index < -0.39 is 0 Å². The van der Waals surface area contributed by atoms with Gasteiger partial charge in [-0.05, 0) is 44.0 Å². The fraction of sp³-hybridized carbons (Fsp3) is 0.455. The van der Waals surface area contributed by atoms with Crippen molar-refractivity contribution in [2.75, 3.05) is 6.54 Å². The maximum atomic E-state index is 4.14. The lowest BCUT2D eigenvalue weighted by Crippen LogP contribution is -2.12. The number of nitrogens with one attached hydrogen (secondary N) is 1. The van der Waals surface area contributed by atoms with Gasteiger partial charge in [0.1, 0.15) is 5.82 Å². The van der Waals surface area contributed by atoms with Crippen molar-refractivity contribution in [1.82, 2.24) is 19.9 Å². The van der Waals surface area contributed by atoms with E-state index in [1.165, 1.54) is 18.4 Å². The minimum atomic E-state index is 0.506. The molecule has 1 saturated heterocycles. The van der Waals surface area contributed by atoms with Crippen molar-refractivity contribution in [3.63, 3.8) is 0 Å². The molecule has 0 saturated carbocycles. The fourth-order valence-corrected chi connectivity index (χ4v) is 2.21. The number of rotatable bonds is 1. The molecule has 1 aliphatic heterocycles. The smallest absolute Gasteiger partial charge is 0.161 e. The molecule has 3 heterocycles. The third-order valence-corrected chi connectivity index (χ3v) is 3.07. The van der Waals surface area contributed by atoms with E-state index in [0.717, 1.165) is 18.0 Å². The van der Waals surface area contributed by atoms with Gasteiger partial charge in [0.2, 0.25) is 0 Å². The Morgan fingerprint density at radius 3 is 3.20 bits per heavy atom. The number of aromatic nitrogens is 3. The Morgan fingerprint density at radius 2 is 2.40 bits per heavy atom. The molecule has 0 aromatic carbocycles. The van der Waals surface area contributed by atoms with Gasteiger partial charge in [-0.25, -0.2) is 0 Å². The Labute approximate surface area is 88.3 Å². The largest absolute Gasteiger partial charge is 0.310 e. The molecule has 0 amide bonds. The SMILES string of the molecule is Cc1nnc2cc(C3CCCN3)ccn12. The summed E-state index contributed by atoms with van der Waals surface area (Å²) in [5, 5.41) is 11.7. The lowest BCUT2D eigenvalue weighted by atomic mass is 10.1. The van der Waals surface area contributed by atoms with Crippen molar-refractivity contribution in [2.24, 2.45) is 0 Å². The number of nitrogens with zero attached hydrogens (tertiary/aromatic N) is 3. The number of pyridine rings is 1. The number of hydrogen-bond donors (Lipinski definition) is 1. The van der Waals surface area contributed by atoms with Crippen molar-refractivity contribution in [3.05, 3.63) is 29.7 Å². The molecule has 15 heavy (non-hydrogen) atoms. The molecule has 2 aromatic heterocycles. The van der Waals surface area contributed by atoms with Crippen molar-refractivity contribution >= 4 is 5.65 Å². The minimum Gasteiger partial charge on any atom is -0.310 e. The van der Waals surface area contributed by atoms with Gasteiger partial charge >= 0.3 is 0 Å². The Hall–Kier alpha value is -1.42. The van der Waals surface area contributed by atoms with Gasteiger partial charge in [0.25, 0.3) is 0 Å². The predicted molar refractivity (Wildman–Crippen MR) is 57.7 cm³/mol. The molecule has 0 aliphatic carbocycles. The molecule has 4 nitrogen and oxygen atoms in total. The average Bonchev–Trinajstić information content (AvgIpc) is 2.88. The summed E-state index contributed by atoms with van der Waals surface area (Å²) in [6, 6.07) is 4.79. The van der Waals surface area contributed by atoms with E-state index in [1.807, 2.05) is 11.3 Å². The molecule has 1 unspecified atom stereocenters. The van der Waals surface area contributed by atoms with Crippen LogP contribution in [0.4, 0.5) is 0 Å². The molecule has 78 valence electrons. The predicted octanol–water partition coefficient (Wildman–Crippen LogP) is 1.46. The summed E-state index contributed by atoms with van der Waals surface area (Å²) in [5.74, 6) is 0.941. The highest BCUT2D eigenvalue weighted by Gasteiger charge is 2.16. The summed E-state index contributed by atoms with van der Waals surface area (Å²) in [5.41, 5.74) is 2.27. The van der Waals surface area contributed by atoms with E-state index >= 15 is 0 Å². The van der Waals surface area contributed by atoms with Crippen molar-refractivity contribution < 1.29 is 0 Å². The maximum absolute atomic E-state index is 4.14. The molecule has 1 fully saturated rings. The first-order valence-electron chi connectivity index (χ1n) is 5.39. The van der Waals surface area contributed by atoms with Crippen molar-refractivity contribution in [3.8, 4) is 0 Å². The molecule has 0 bridgehead atoms. The van der Waals surface area contributed by atoms with Crippen LogP contribution in [0.5, 0.6) is 0 Å². The van der Waals surface area contributed by atoms with E-state index in [0.29, 0.717) is 6.04 Å². The lowest BCUT2D eigenvalue weighted by Gasteiger charge is -2.10. The number of hydrogen-bond acceptors (Lipinski definition) is 3. The molecule has 1 atom stereocenters. The van der Waals surface area contributed by atoms with Gasteiger partial charge in [0.05, 0.1) is 0 Å². The van der Waals surface area contributed by atoms with Crippen LogP contribution in [0.2, 0.25) is 0 Å². The van der Waals surface area contributed by atoms with Gasteiger partial charge in [-0.1, -0.05) is 0 Å². The fourth-order valence-electron chi connectivity index (χ4n) is 2.21. The first kappa shape index (κ1) is 8.85. The standard InChI is InChI=1S/C11H14N4/c1-8-13-14-11-7-9(4-6-15(8)11)10-3-2-5-12-10/h4,6-7,10,12H,2-3,5H2,1H3. The molecule has 1 aliphatic rings. The highest BCUT2D eigenvalue weighted by Crippen LogP contribution is 2.23. The monoisotopic (exact) mass is 202 g/mol. The molecule has 1 N–H and O–H groups in total. The molecule has 0 radical (unpaired) electrons. The Bertz CT molecular complexity index is 482. The first-order chi connectivity index (χ1) is 7.34. The Kier molecular flexibility index (Phi) is 1.95. The molecular weight excluding hydrogens is 188 g/mol. The van der Waals surface area contributed by atoms with E-state index in [-0.39, 0.29) is 0 Å². The highest BCUT2D eigenvalue weighted by molar-refractivity contribution is 5.42. The van der Waals surface area contributed by atoms with Crippen LogP contribution in [0.1, 0.15) is 30.3 Å². The average molecular weight is 202 g/mol. The van der Waals surface area contributed by atoms with Crippen LogP contribution in [0.15, 0.2) is 18.3 Å². The van der Waals surface area contributed by atoms with Crippen LogP contribution in [-0.2, 0) is 0 Å². The second-order valence-electron chi connectivity index (χ2n) is 4.08. The summed E-state index contributed by atoms with van der Waals surface area (Å²) >= 11 is 0. The zero-order chi connectivity index (χ0) is 10.3. The van der Waals surface area contributed by atoms with Gasteiger partial charge < -0.3 is 5.32 Å². The van der Waals surface area contributed by atoms with E-state index in [1.54, 1.807) is 0 Å². The topological polar surface area (TPSA) is 42.2 Å². The zero-order valence-electron chi connectivity index (χ0n) is 8.77. The summed E-state index contributed by atoms with van der Waals surface area (Å²) < 4.78 is 2.01. The van der Waals surface area contributed by atoms with Crippen molar-refractivity contribution in [2.45, 2.75) is 25.8 Å². The van der Waals surface area contributed by atoms with Crippen LogP contribution in [0.25, 0.3) is 5.65 Å². The molecule has 2 aromatic rings. The van der Waals surface area contributed by atoms with Gasteiger partial charge in [0.15, 0.2) is 5.65 Å². The third-order valence-electron chi connectivity index (χ3n) is 3.07. The van der Waals surface area contributed by atoms with Gasteiger partial charge in [-0.3, -0.25) is 4.40 Å². The second-order valence-corrected chi connectivity index (χ2v) is 4.08. The second kappa shape index (κ2) is 3.31. The minimum absolute atomic E-state index is 0.506. The summed E-state index contributed by atoms with van der Waals surface area (Å²) in [7, 11) is 0.